The largest absolute Gasteiger partial charge is 0.481 e. The van der Waals surface area contributed by atoms with Crippen LogP contribution in [0.3, 0.4) is 0 Å². The number of hydrogen-bond acceptors (Lipinski definition) is 3. The van der Waals surface area contributed by atoms with Gasteiger partial charge in [-0.1, -0.05) is 17.7 Å². The highest BCUT2D eigenvalue weighted by atomic mass is 35.5. The second-order valence-corrected chi connectivity index (χ2v) is 7.35. The molecule has 1 aromatic carbocycles. The summed E-state index contributed by atoms with van der Waals surface area (Å²) in [5.74, 6) is -2.49. The molecule has 1 N–H and O–H groups in total. The zero-order chi connectivity index (χ0) is 19.1. The van der Waals surface area contributed by atoms with Crippen LogP contribution in [-0.2, 0) is 20.8 Å². The first-order valence-corrected chi connectivity index (χ1v) is 8.83. The van der Waals surface area contributed by atoms with Gasteiger partial charge < -0.3 is 14.9 Å². The van der Waals surface area contributed by atoms with Gasteiger partial charge in [0.2, 0.25) is 11.8 Å². The van der Waals surface area contributed by atoms with Crippen molar-refractivity contribution in [3.05, 3.63) is 34.6 Å². The summed E-state index contributed by atoms with van der Waals surface area (Å²) in [5, 5.41) is 9.69. The van der Waals surface area contributed by atoms with Gasteiger partial charge in [0.15, 0.2) is 0 Å². The lowest BCUT2D eigenvalue weighted by Gasteiger charge is -2.45. The Hall–Kier alpha value is -2.15. The minimum absolute atomic E-state index is 0.00493. The minimum atomic E-state index is -0.972. The molecule has 6 nitrogen and oxygen atoms in total. The van der Waals surface area contributed by atoms with E-state index in [0.29, 0.717) is 31.5 Å². The summed E-state index contributed by atoms with van der Waals surface area (Å²) >= 11 is 5.98. The molecule has 0 aromatic heterocycles. The summed E-state index contributed by atoms with van der Waals surface area (Å²) in [6.07, 6.45) is 0.915. The Balaban J connectivity index is 1.68. The smallest absolute Gasteiger partial charge is 0.309 e. The first-order chi connectivity index (χ1) is 12.2. The van der Waals surface area contributed by atoms with E-state index in [-0.39, 0.29) is 29.7 Å². The van der Waals surface area contributed by atoms with Crippen LogP contribution < -0.4 is 0 Å². The highest BCUT2D eigenvalue weighted by Crippen LogP contribution is 2.42. The van der Waals surface area contributed by atoms with Crippen molar-refractivity contribution < 1.29 is 23.9 Å². The van der Waals surface area contributed by atoms with Crippen molar-refractivity contribution in [2.24, 2.45) is 5.92 Å². The van der Waals surface area contributed by atoms with Crippen molar-refractivity contribution in [2.45, 2.75) is 31.2 Å². The Kier molecular flexibility index (Phi) is 4.92. The first kappa shape index (κ1) is 18.6. The molecule has 1 atom stereocenters. The molecule has 2 heterocycles. The monoisotopic (exact) mass is 382 g/mol. The molecule has 140 valence electrons. The van der Waals surface area contributed by atoms with Gasteiger partial charge in [-0.05, 0) is 30.5 Å². The van der Waals surface area contributed by atoms with Crippen LogP contribution in [0, 0.1) is 11.7 Å². The molecule has 0 unspecified atom stereocenters. The van der Waals surface area contributed by atoms with Crippen molar-refractivity contribution >= 4 is 29.4 Å². The summed E-state index contributed by atoms with van der Waals surface area (Å²) in [5.41, 5.74) is -0.178. The topological polar surface area (TPSA) is 77.9 Å². The van der Waals surface area contributed by atoms with E-state index in [1.807, 2.05) is 0 Å². The number of carbonyl (C=O) groups is 3. The van der Waals surface area contributed by atoms with Gasteiger partial charge in [0.25, 0.3) is 0 Å². The lowest BCUT2D eigenvalue weighted by atomic mass is 9.77. The summed E-state index contributed by atoms with van der Waals surface area (Å²) < 4.78 is 13.1. The van der Waals surface area contributed by atoms with Crippen molar-refractivity contribution in [2.75, 3.05) is 20.1 Å². The quantitative estimate of drug-likeness (QED) is 0.866. The zero-order valence-electron chi connectivity index (χ0n) is 14.4. The maximum atomic E-state index is 13.1. The first-order valence-electron chi connectivity index (χ1n) is 8.46. The predicted octanol–water partition coefficient (Wildman–Crippen LogP) is 1.95. The van der Waals surface area contributed by atoms with Crippen LogP contribution in [0.4, 0.5) is 4.39 Å². The molecule has 26 heavy (non-hydrogen) atoms. The standard InChI is InChI=1S/C18H20ClFN2O4/c1-21-15(23)10-13(17(25)26)18(21)4-6-22(7-5-18)16(24)8-11-2-3-12(20)9-14(11)19/h2-3,9,13H,4-8,10H2,1H3,(H,25,26)/t13-/m0/s1. The van der Waals surface area contributed by atoms with Crippen molar-refractivity contribution in [3.63, 3.8) is 0 Å². The molecule has 0 radical (unpaired) electrons. The summed E-state index contributed by atoms with van der Waals surface area (Å²) in [4.78, 5) is 39.3. The van der Waals surface area contributed by atoms with Gasteiger partial charge in [-0.3, -0.25) is 14.4 Å². The summed E-state index contributed by atoms with van der Waals surface area (Å²) in [6.45, 7) is 0.748. The van der Waals surface area contributed by atoms with Crippen LogP contribution in [0.15, 0.2) is 18.2 Å². The molecule has 3 rings (SSSR count). The molecule has 1 spiro atoms. The molecule has 2 aliphatic rings. The maximum absolute atomic E-state index is 13.1. The molecule has 0 bridgehead atoms. The molecule has 2 amide bonds. The van der Waals surface area contributed by atoms with Crippen molar-refractivity contribution in [1.29, 1.82) is 0 Å². The van der Waals surface area contributed by atoms with Gasteiger partial charge in [-0.15, -0.1) is 0 Å². The van der Waals surface area contributed by atoms with Gasteiger partial charge in [0.05, 0.1) is 17.9 Å². The van der Waals surface area contributed by atoms with E-state index in [0.717, 1.165) is 0 Å². The van der Waals surface area contributed by atoms with Crippen LogP contribution in [0.5, 0.6) is 0 Å². The lowest BCUT2D eigenvalue weighted by molar-refractivity contribution is -0.146. The Bertz CT molecular complexity index is 762. The van der Waals surface area contributed by atoms with Gasteiger partial charge in [-0.25, -0.2) is 4.39 Å². The molecule has 0 aliphatic carbocycles. The molecule has 0 saturated carbocycles. The zero-order valence-corrected chi connectivity index (χ0v) is 15.1. The van der Waals surface area contributed by atoms with E-state index >= 15 is 0 Å². The van der Waals surface area contributed by atoms with E-state index in [1.54, 1.807) is 16.8 Å². The normalized spacial score (nSPS) is 22.1. The second-order valence-electron chi connectivity index (χ2n) is 6.94. The number of hydrogen-bond donors (Lipinski definition) is 1. The fraction of sp³-hybridized carbons (Fsp3) is 0.500. The van der Waals surface area contributed by atoms with E-state index in [2.05, 4.69) is 0 Å². The van der Waals surface area contributed by atoms with Crippen LogP contribution in [0.25, 0.3) is 0 Å². The maximum Gasteiger partial charge on any atom is 0.309 e. The van der Waals surface area contributed by atoms with Gasteiger partial charge >= 0.3 is 5.97 Å². The lowest BCUT2D eigenvalue weighted by Crippen LogP contribution is -2.57. The van der Waals surface area contributed by atoms with E-state index < -0.39 is 23.2 Å². The highest BCUT2D eigenvalue weighted by Gasteiger charge is 2.55. The van der Waals surface area contributed by atoms with Gasteiger partial charge in [0.1, 0.15) is 5.82 Å². The van der Waals surface area contributed by atoms with E-state index in [9.17, 15) is 23.9 Å². The molecular weight excluding hydrogens is 363 g/mol. The average Bonchev–Trinajstić information content (AvgIpc) is 2.83. The van der Waals surface area contributed by atoms with E-state index in [4.69, 9.17) is 11.6 Å². The third-order valence-electron chi connectivity index (χ3n) is 5.71. The molecule has 2 aliphatic heterocycles. The number of carboxylic acids is 1. The van der Waals surface area contributed by atoms with Gasteiger partial charge in [-0.2, -0.15) is 0 Å². The van der Waals surface area contributed by atoms with Gasteiger partial charge in [0, 0.05) is 31.6 Å². The second kappa shape index (κ2) is 6.87. The number of rotatable bonds is 3. The van der Waals surface area contributed by atoms with Crippen LogP contribution in [0.1, 0.15) is 24.8 Å². The number of halogens is 2. The SMILES string of the molecule is CN1C(=O)C[C@@H](C(=O)O)C12CCN(C(=O)Cc1ccc(F)cc1Cl)CC2. The summed E-state index contributed by atoms with van der Waals surface area (Å²) in [7, 11) is 1.64. The van der Waals surface area contributed by atoms with E-state index in [1.165, 1.54) is 18.2 Å². The molecule has 1 aromatic rings. The van der Waals surface area contributed by atoms with Crippen LogP contribution in [0.2, 0.25) is 5.02 Å². The Morgan fingerprint density at radius 3 is 2.58 bits per heavy atom. The number of benzene rings is 1. The predicted molar refractivity (Wildman–Crippen MR) is 92.2 cm³/mol. The minimum Gasteiger partial charge on any atom is -0.481 e. The fourth-order valence-corrected chi connectivity index (χ4v) is 4.30. The third kappa shape index (κ3) is 3.16. The van der Waals surface area contributed by atoms with Crippen molar-refractivity contribution in [1.82, 2.24) is 9.80 Å². The third-order valence-corrected chi connectivity index (χ3v) is 6.06. The molecule has 2 saturated heterocycles. The molecule has 2 fully saturated rings. The molecular formula is C18H20ClFN2O4. The number of amides is 2. The van der Waals surface area contributed by atoms with Crippen molar-refractivity contribution in [3.8, 4) is 0 Å². The fourth-order valence-electron chi connectivity index (χ4n) is 4.07. The average molecular weight is 383 g/mol. The Labute approximate surface area is 155 Å². The van der Waals surface area contributed by atoms with Crippen LogP contribution in [-0.4, -0.2) is 58.4 Å². The Morgan fingerprint density at radius 1 is 1.35 bits per heavy atom. The Morgan fingerprint density at radius 2 is 2.00 bits per heavy atom. The number of aliphatic carboxylic acids is 1. The number of carbonyl (C=O) groups excluding carboxylic acids is 2. The number of nitrogens with zero attached hydrogens (tertiary/aromatic N) is 2. The molecule has 8 heteroatoms. The highest BCUT2D eigenvalue weighted by molar-refractivity contribution is 6.31. The number of carboxylic acid groups (broad SMARTS) is 1. The van der Waals surface area contributed by atoms with Crippen LogP contribution >= 0.6 is 11.6 Å². The number of piperidine rings is 1. The number of likely N-dealkylation sites (tertiary alicyclic amines) is 2. The summed E-state index contributed by atoms with van der Waals surface area (Å²) in [6, 6.07) is 3.92.